The zero-order valence-corrected chi connectivity index (χ0v) is 9.53. The first-order valence-corrected chi connectivity index (χ1v) is 4.93. The molecule has 2 N–H and O–H groups in total. The van der Waals surface area contributed by atoms with E-state index in [1.807, 2.05) is 0 Å². The summed E-state index contributed by atoms with van der Waals surface area (Å²) in [5.74, 6) is 0.689. The van der Waals surface area contributed by atoms with Crippen LogP contribution < -0.4 is 5.73 Å². The third-order valence-corrected chi connectivity index (χ3v) is 2.11. The summed E-state index contributed by atoms with van der Waals surface area (Å²) in [5, 5.41) is 4.11. The number of anilines is 1. The van der Waals surface area contributed by atoms with Gasteiger partial charge in [-0.1, -0.05) is 0 Å². The second-order valence-electron chi connectivity index (χ2n) is 3.64. The van der Waals surface area contributed by atoms with Crippen LogP contribution in [0.1, 0.15) is 10.5 Å². The lowest BCUT2D eigenvalue weighted by Crippen LogP contribution is -2.22. The van der Waals surface area contributed by atoms with E-state index in [1.165, 1.54) is 22.0 Å². The smallest absolute Gasteiger partial charge is 0.273 e. The Bertz CT molecular complexity index is 530. The van der Waals surface area contributed by atoms with Crippen molar-refractivity contribution in [1.29, 1.82) is 0 Å². The number of carbonyl (C=O) groups is 1. The molecule has 2 aromatic rings. The topological polar surface area (TPSA) is 89.9 Å². The summed E-state index contributed by atoms with van der Waals surface area (Å²) < 4.78 is 1.48. The Kier molecular flexibility index (Phi) is 2.73. The standard InChI is InChI=1S/C10H12N6O/c1-15(2)10(17)7-3-4-16(14-7)9-6-12-8(11)5-13-9/h3-6H,1-2H3,(H2,11,12). The van der Waals surface area contributed by atoms with E-state index in [-0.39, 0.29) is 5.91 Å². The molecule has 0 bridgehead atoms. The van der Waals surface area contributed by atoms with Gasteiger partial charge in [0.25, 0.3) is 5.91 Å². The largest absolute Gasteiger partial charge is 0.382 e. The van der Waals surface area contributed by atoms with Gasteiger partial charge in [0.1, 0.15) is 5.82 Å². The molecule has 0 fully saturated rings. The van der Waals surface area contributed by atoms with Crippen molar-refractivity contribution < 1.29 is 4.79 Å². The number of nitrogens with zero attached hydrogens (tertiary/aromatic N) is 5. The van der Waals surface area contributed by atoms with Gasteiger partial charge >= 0.3 is 0 Å². The van der Waals surface area contributed by atoms with Crippen LogP contribution in [-0.2, 0) is 0 Å². The van der Waals surface area contributed by atoms with Crippen LogP contribution in [0.15, 0.2) is 24.7 Å². The minimum atomic E-state index is -0.160. The van der Waals surface area contributed by atoms with E-state index in [4.69, 9.17) is 5.73 Å². The fourth-order valence-electron chi connectivity index (χ4n) is 1.24. The van der Waals surface area contributed by atoms with Gasteiger partial charge in [-0.25, -0.2) is 14.6 Å². The van der Waals surface area contributed by atoms with Crippen LogP contribution >= 0.6 is 0 Å². The summed E-state index contributed by atoms with van der Waals surface area (Å²) >= 11 is 0. The van der Waals surface area contributed by atoms with E-state index < -0.39 is 0 Å². The molecule has 7 heteroatoms. The highest BCUT2D eigenvalue weighted by molar-refractivity contribution is 5.91. The van der Waals surface area contributed by atoms with Gasteiger partial charge in [-0.3, -0.25) is 4.79 Å². The minimum absolute atomic E-state index is 0.160. The van der Waals surface area contributed by atoms with E-state index in [0.717, 1.165) is 0 Å². The Hall–Kier alpha value is -2.44. The van der Waals surface area contributed by atoms with E-state index in [2.05, 4.69) is 15.1 Å². The van der Waals surface area contributed by atoms with Crippen LogP contribution in [0.4, 0.5) is 5.82 Å². The number of nitrogens with two attached hydrogens (primary N) is 1. The van der Waals surface area contributed by atoms with Crippen LogP contribution in [0.2, 0.25) is 0 Å². The molecule has 0 saturated heterocycles. The number of aromatic nitrogens is 4. The van der Waals surface area contributed by atoms with Gasteiger partial charge in [-0.15, -0.1) is 0 Å². The first-order valence-electron chi connectivity index (χ1n) is 4.93. The van der Waals surface area contributed by atoms with E-state index in [9.17, 15) is 4.79 Å². The van der Waals surface area contributed by atoms with Gasteiger partial charge in [0.15, 0.2) is 11.5 Å². The number of amides is 1. The van der Waals surface area contributed by atoms with Crippen LogP contribution in [0.25, 0.3) is 5.82 Å². The molecular formula is C10H12N6O. The average Bonchev–Trinajstić information content (AvgIpc) is 2.78. The van der Waals surface area contributed by atoms with Gasteiger partial charge < -0.3 is 10.6 Å². The Morgan fingerprint density at radius 2 is 2.12 bits per heavy atom. The number of hydrogen-bond acceptors (Lipinski definition) is 5. The van der Waals surface area contributed by atoms with E-state index in [1.54, 1.807) is 26.4 Å². The van der Waals surface area contributed by atoms with Crippen molar-refractivity contribution in [2.45, 2.75) is 0 Å². The van der Waals surface area contributed by atoms with Gasteiger partial charge in [0.05, 0.1) is 12.4 Å². The molecule has 0 radical (unpaired) electrons. The molecule has 0 aliphatic rings. The zero-order chi connectivity index (χ0) is 12.4. The lowest BCUT2D eigenvalue weighted by molar-refractivity contribution is 0.0821. The molecule has 0 spiro atoms. The highest BCUT2D eigenvalue weighted by Crippen LogP contribution is 2.05. The highest BCUT2D eigenvalue weighted by atomic mass is 16.2. The lowest BCUT2D eigenvalue weighted by atomic mass is 10.4. The predicted molar refractivity (Wildman–Crippen MR) is 61.6 cm³/mol. The molecule has 2 heterocycles. The van der Waals surface area contributed by atoms with Gasteiger partial charge in [-0.05, 0) is 6.07 Å². The molecule has 0 aromatic carbocycles. The lowest BCUT2D eigenvalue weighted by Gasteiger charge is -2.06. The van der Waals surface area contributed by atoms with E-state index in [0.29, 0.717) is 17.3 Å². The minimum Gasteiger partial charge on any atom is -0.382 e. The molecule has 7 nitrogen and oxygen atoms in total. The Morgan fingerprint density at radius 1 is 1.35 bits per heavy atom. The summed E-state index contributed by atoms with van der Waals surface area (Å²) in [6.07, 6.45) is 4.58. The van der Waals surface area contributed by atoms with Crippen molar-refractivity contribution >= 4 is 11.7 Å². The second-order valence-corrected chi connectivity index (χ2v) is 3.64. The first kappa shape index (κ1) is 11.1. The monoisotopic (exact) mass is 232 g/mol. The molecule has 0 atom stereocenters. The van der Waals surface area contributed by atoms with Crippen molar-refractivity contribution in [2.24, 2.45) is 0 Å². The van der Waals surface area contributed by atoms with Crippen LogP contribution in [0.3, 0.4) is 0 Å². The molecule has 2 rings (SSSR count). The SMILES string of the molecule is CN(C)C(=O)c1ccn(-c2cnc(N)cn2)n1. The number of nitrogen functional groups attached to an aromatic ring is 1. The molecule has 88 valence electrons. The molecule has 17 heavy (non-hydrogen) atoms. The molecule has 0 saturated carbocycles. The molecule has 0 unspecified atom stereocenters. The normalized spacial score (nSPS) is 10.2. The molecule has 1 amide bonds. The fourth-order valence-corrected chi connectivity index (χ4v) is 1.24. The number of hydrogen-bond donors (Lipinski definition) is 1. The highest BCUT2D eigenvalue weighted by Gasteiger charge is 2.12. The molecule has 2 aromatic heterocycles. The Balaban J connectivity index is 2.30. The van der Waals surface area contributed by atoms with Crippen LogP contribution in [0.5, 0.6) is 0 Å². The summed E-state index contributed by atoms with van der Waals surface area (Å²) in [7, 11) is 3.34. The summed E-state index contributed by atoms with van der Waals surface area (Å²) in [6, 6.07) is 1.63. The number of carbonyl (C=O) groups excluding carboxylic acids is 1. The van der Waals surface area contributed by atoms with Gasteiger partial charge in [-0.2, -0.15) is 5.10 Å². The fraction of sp³-hybridized carbons (Fsp3) is 0.200. The predicted octanol–water partition coefficient (Wildman–Crippen LogP) is -0.0537. The summed E-state index contributed by atoms with van der Waals surface area (Å²) in [6.45, 7) is 0. The summed E-state index contributed by atoms with van der Waals surface area (Å²) in [4.78, 5) is 21.1. The van der Waals surface area contributed by atoms with E-state index >= 15 is 0 Å². The van der Waals surface area contributed by atoms with Crippen LogP contribution in [0, 0.1) is 0 Å². The van der Waals surface area contributed by atoms with Crippen molar-refractivity contribution in [3.05, 3.63) is 30.4 Å². The maximum absolute atomic E-state index is 11.6. The van der Waals surface area contributed by atoms with Crippen molar-refractivity contribution in [2.75, 3.05) is 19.8 Å². The second kappa shape index (κ2) is 4.20. The maximum Gasteiger partial charge on any atom is 0.273 e. The molecular weight excluding hydrogens is 220 g/mol. The number of rotatable bonds is 2. The quantitative estimate of drug-likeness (QED) is 0.783. The third-order valence-electron chi connectivity index (χ3n) is 2.11. The van der Waals surface area contributed by atoms with Crippen LogP contribution in [-0.4, -0.2) is 44.7 Å². The van der Waals surface area contributed by atoms with Crippen molar-refractivity contribution in [1.82, 2.24) is 24.6 Å². The summed E-state index contributed by atoms with van der Waals surface area (Å²) in [5.41, 5.74) is 5.79. The van der Waals surface area contributed by atoms with Crippen molar-refractivity contribution in [3.8, 4) is 5.82 Å². The van der Waals surface area contributed by atoms with Crippen molar-refractivity contribution in [3.63, 3.8) is 0 Å². The van der Waals surface area contributed by atoms with Gasteiger partial charge in [0.2, 0.25) is 0 Å². The Morgan fingerprint density at radius 3 is 2.71 bits per heavy atom. The molecule has 0 aliphatic carbocycles. The molecule has 0 aliphatic heterocycles. The zero-order valence-electron chi connectivity index (χ0n) is 9.53. The average molecular weight is 232 g/mol. The maximum atomic E-state index is 11.6. The third kappa shape index (κ3) is 2.22. The first-order chi connectivity index (χ1) is 8.08. The Labute approximate surface area is 97.9 Å². The van der Waals surface area contributed by atoms with Gasteiger partial charge in [0, 0.05) is 20.3 Å².